The van der Waals surface area contributed by atoms with Crippen LogP contribution >= 0.6 is 0 Å². The predicted octanol–water partition coefficient (Wildman–Crippen LogP) is 3.02. The standard InChI is InChI=1S/C9H17N/c1-5-7(2)8(3)6-9(4)10/h5,8,10H,6H2,1-4H3/b7-5-,10-9?. The van der Waals surface area contributed by atoms with Crippen LogP contribution in [0.1, 0.15) is 34.1 Å². The normalized spacial score (nSPS) is 15.0. The summed E-state index contributed by atoms with van der Waals surface area (Å²) in [5.41, 5.74) is 2.15. The van der Waals surface area contributed by atoms with E-state index in [1.807, 2.05) is 13.8 Å². The maximum absolute atomic E-state index is 7.27. The predicted molar refractivity (Wildman–Crippen MR) is 46.6 cm³/mol. The van der Waals surface area contributed by atoms with Crippen LogP contribution in [0.25, 0.3) is 0 Å². The van der Waals surface area contributed by atoms with Crippen molar-refractivity contribution in [2.75, 3.05) is 0 Å². The molecule has 1 nitrogen and oxygen atoms in total. The highest BCUT2D eigenvalue weighted by Gasteiger charge is 2.02. The van der Waals surface area contributed by atoms with E-state index in [9.17, 15) is 0 Å². The Labute approximate surface area is 63.7 Å². The van der Waals surface area contributed by atoms with Gasteiger partial charge in [-0.2, -0.15) is 0 Å². The first kappa shape index (κ1) is 9.41. The third kappa shape index (κ3) is 3.44. The fourth-order valence-electron chi connectivity index (χ4n) is 0.905. The number of allylic oxidation sites excluding steroid dienone is 2. The second-order valence-corrected chi connectivity index (χ2v) is 2.92. The van der Waals surface area contributed by atoms with Gasteiger partial charge < -0.3 is 5.41 Å². The van der Waals surface area contributed by atoms with Crippen molar-refractivity contribution < 1.29 is 0 Å². The summed E-state index contributed by atoms with van der Waals surface area (Å²) in [5.74, 6) is 0.544. The van der Waals surface area contributed by atoms with E-state index in [0.29, 0.717) is 5.92 Å². The molecule has 1 heteroatoms. The van der Waals surface area contributed by atoms with E-state index in [4.69, 9.17) is 5.41 Å². The molecule has 10 heavy (non-hydrogen) atoms. The molecule has 0 aromatic rings. The van der Waals surface area contributed by atoms with Gasteiger partial charge in [0.2, 0.25) is 0 Å². The van der Waals surface area contributed by atoms with E-state index in [1.165, 1.54) is 5.57 Å². The van der Waals surface area contributed by atoms with Crippen molar-refractivity contribution in [3.63, 3.8) is 0 Å². The van der Waals surface area contributed by atoms with E-state index >= 15 is 0 Å². The van der Waals surface area contributed by atoms with Gasteiger partial charge in [-0.15, -0.1) is 0 Å². The molecule has 0 aromatic carbocycles. The topological polar surface area (TPSA) is 23.9 Å². The van der Waals surface area contributed by atoms with Crippen LogP contribution in [0.2, 0.25) is 0 Å². The summed E-state index contributed by atoms with van der Waals surface area (Å²) < 4.78 is 0. The molecule has 1 unspecified atom stereocenters. The molecule has 0 aliphatic carbocycles. The average Bonchev–Trinajstić information content (AvgIpc) is 1.85. The van der Waals surface area contributed by atoms with Gasteiger partial charge in [-0.25, -0.2) is 0 Å². The monoisotopic (exact) mass is 139 g/mol. The molecule has 0 saturated carbocycles. The number of hydrogen-bond donors (Lipinski definition) is 1. The summed E-state index contributed by atoms with van der Waals surface area (Å²) in [7, 11) is 0. The lowest BCUT2D eigenvalue weighted by Crippen LogP contribution is -2.01. The second-order valence-electron chi connectivity index (χ2n) is 2.92. The Kier molecular flexibility index (Phi) is 4.01. The Morgan fingerprint density at radius 1 is 1.50 bits per heavy atom. The zero-order valence-corrected chi connectivity index (χ0v) is 7.36. The van der Waals surface area contributed by atoms with Crippen molar-refractivity contribution >= 4 is 5.71 Å². The fourth-order valence-corrected chi connectivity index (χ4v) is 0.905. The lowest BCUT2D eigenvalue weighted by atomic mass is 9.97. The van der Waals surface area contributed by atoms with Crippen LogP contribution in [-0.2, 0) is 0 Å². The van der Waals surface area contributed by atoms with Crippen LogP contribution in [0.15, 0.2) is 11.6 Å². The summed E-state index contributed by atoms with van der Waals surface area (Å²) in [6, 6.07) is 0. The van der Waals surface area contributed by atoms with Crippen molar-refractivity contribution in [2.24, 2.45) is 5.92 Å². The molecular weight excluding hydrogens is 122 g/mol. The van der Waals surface area contributed by atoms with Gasteiger partial charge in [0.05, 0.1) is 0 Å². The second kappa shape index (κ2) is 4.26. The third-order valence-corrected chi connectivity index (χ3v) is 1.85. The Morgan fingerprint density at radius 2 is 2.00 bits per heavy atom. The van der Waals surface area contributed by atoms with Crippen molar-refractivity contribution in [1.29, 1.82) is 5.41 Å². The van der Waals surface area contributed by atoms with Crippen LogP contribution < -0.4 is 0 Å². The minimum atomic E-state index is 0.544. The number of hydrogen-bond acceptors (Lipinski definition) is 1. The molecule has 0 heterocycles. The van der Waals surface area contributed by atoms with E-state index in [1.54, 1.807) is 0 Å². The van der Waals surface area contributed by atoms with Gasteiger partial charge in [0.1, 0.15) is 0 Å². The summed E-state index contributed by atoms with van der Waals surface area (Å²) in [6.07, 6.45) is 3.02. The van der Waals surface area contributed by atoms with Gasteiger partial charge in [-0.05, 0) is 33.1 Å². The van der Waals surface area contributed by atoms with Crippen LogP contribution in [0.3, 0.4) is 0 Å². The molecule has 1 N–H and O–H groups in total. The number of rotatable bonds is 3. The molecule has 0 amide bonds. The van der Waals surface area contributed by atoms with Crippen molar-refractivity contribution in [3.05, 3.63) is 11.6 Å². The number of nitrogens with one attached hydrogen (secondary N) is 1. The molecule has 0 aliphatic heterocycles. The molecule has 0 aromatic heterocycles. The molecule has 0 aliphatic rings. The van der Waals surface area contributed by atoms with E-state index in [2.05, 4.69) is 19.9 Å². The quantitative estimate of drug-likeness (QED) is 0.459. The van der Waals surface area contributed by atoms with Gasteiger partial charge in [-0.1, -0.05) is 18.6 Å². The Balaban J connectivity index is 3.85. The Morgan fingerprint density at radius 3 is 2.30 bits per heavy atom. The zero-order valence-electron chi connectivity index (χ0n) is 7.36. The summed E-state index contributed by atoms with van der Waals surface area (Å²) >= 11 is 0. The van der Waals surface area contributed by atoms with E-state index in [-0.39, 0.29) is 0 Å². The molecular formula is C9H17N. The van der Waals surface area contributed by atoms with Gasteiger partial charge >= 0.3 is 0 Å². The molecule has 0 saturated heterocycles. The van der Waals surface area contributed by atoms with Crippen molar-refractivity contribution in [3.8, 4) is 0 Å². The molecule has 58 valence electrons. The molecule has 0 bridgehead atoms. The van der Waals surface area contributed by atoms with Crippen LogP contribution in [-0.4, -0.2) is 5.71 Å². The largest absolute Gasteiger partial charge is 0.310 e. The zero-order chi connectivity index (χ0) is 8.15. The van der Waals surface area contributed by atoms with Gasteiger partial charge in [0, 0.05) is 5.71 Å². The first-order chi connectivity index (χ1) is 4.57. The highest BCUT2D eigenvalue weighted by Crippen LogP contribution is 2.13. The van der Waals surface area contributed by atoms with Crippen LogP contribution in [0.4, 0.5) is 0 Å². The fraction of sp³-hybridized carbons (Fsp3) is 0.667. The average molecular weight is 139 g/mol. The maximum Gasteiger partial charge on any atom is 0.00640 e. The van der Waals surface area contributed by atoms with Crippen molar-refractivity contribution in [2.45, 2.75) is 34.1 Å². The SMILES string of the molecule is C/C=C(/C)C(C)CC(C)=N. The lowest BCUT2D eigenvalue weighted by Gasteiger charge is -2.09. The van der Waals surface area contributed by atoms with Gasteiger partial charge in [0.15, 0.2) is 0 Å². The smallest absolute Gasteiger partial charge is 0.00640 e. The Hall–Kier alpha value is -0.590. The first-order valence-corrected chi connectivity index (χ1v) is 3.74. The molecule has 0 radical (unpaired) electrons. The molecule has 1 atom stereocenters. The van der Waals surface area contributed by atoms with Crippen LogP contribution in [0, 0.1) is 11.3 Å². The minimum Gasteiger partial charge on any atom is -0.310 e. The summed E-state index contributed by atoms with van der Waals surface area (Å²) in [4.78, 5) is 0. The molecule has 0 fully saturated rings. The summed E-state index contributed by atoms with van der Waals surface area (Å²) in [6.45, 7) is 8.19. The Bertz CT molecular complexity index is 145. The van der Waals surface area contributed by atoms with Gasteiger partial charge in [-0.3, -0.25) is 0 Å². The highest BCUT2D eigenvalue weighted by molar-refractivity contribution is 5.79. The summed E-state index contributed by atoms with van der Waals surface area (Å²) in [5, 5.41) is 7.27. The molecule has 0 spiro atoms. The minimum absolute atomic E-state index is 0.544. The van der Waals surface area contributed by atoms with Crippen molar-refractivity contribution in [1.82, 2.24) is 0 Å². The highest BCUT2D eigenvalue weighted by atomic mass is 14.4. The van der Waals surface area contributed by atoms with E-state index < -0.39 is 0 Å². The molecule has 0 rings (SSSR count). The van der Waals surface area contributed by atoms with E-state index in [0.717, 1.165) is 12.1 Å². The lowest BCUT2D eigenvalue weighted by molar-refractivity contribution is 0.710. The maximum atomic E-state index is 7.27. The van der Waals surface area contributed by atoms with Gasteiger partial charge in [0.25, 0.3) is 0 Å². The third-order valence-electron chi connectivity index (χ3n) is 1.85. The van der Waals surface area contributed by atoms with Crippen LogP contribution in [0.5, 0.6) is 0 Å². The first-order valence-electron chi connectivity index (χ1n) is 3.74.